The number of hydrogen-bond acceptors (Lipinski definition) is 6. The molecule has 98 valence electrons. The Hall–Kier alpha value is -2.56. The Morgan fingerprint density at radius 2 is 1.74 bits per heavy atom. The van der Waals surface area contributed by atoms with Crippen molar-refractivity contribution in [1.82, 2.24) is 9.90 Å². The summed E-state index contributed by atoms with van der Waals surface area (Å²) in [5.74, 6) is -0.645. The van der Waals surface area contributed by atoms with Crippen LogP contribution in [0.5, 0.6) is 0 Å². The molecular weight excluding hydrogens is 326 g/mol. The molecule has 0 fully saturated rings. The lowest BCUT2D eigenvalue weighted by atomic mass is 10.3. The third-order valence-corrected chi connectivity index (χ3v) is 2.84. The predicted octanol–water partition coefficient (Wildman–Crippen LogP) is 1.08. The normalized spacial score (nSPS) is 10.4. The van der Waals surface area contributed by atoms with Gasteiger partial charge in [-0.2, -0.15) is 0 Å². The first-order valence-electron chi connectivity index (χ1n) is 4.69. The summed E-state index contributed by atoms with van der Waals surface area (Å²) in [7, 11) is 0. The van der Waals surface area contributed by atoms with Gasteiger partial charge in [0.05, 0.1) is 4.92 Å². The SMILES string of the molecule is O=[N+]([O-])c1ccc(-n2nc([N+](=O)[O-])c(Br)[n+]2[O-])cc1. The van der Waals surface area contributed by atoms with E-state index in [0.29, 0.717) is 4.80 Å². The molecule has 0 aliphatic rings. The summed E-state index contributed by atoms with van der Waals surface area (Å²) in [5.41, 5.74) is -0.00341. The molecule has 0 aliphatic heterocycles. The minimum atomic E-state index is -0.819. The molecule has 1 aromatic carbocycles. The van der Waals surface area contributed by atoms with Crippen LogP contribution >= 0.6 is 15.9 Å². The molecule has 0 bridgehead atoms. The second-order valence-electron chi connectivity index (χ2n) is 3.31. The van der Waals surface area contributed by atoms with E-state index in [1.165, 1.54) is 12.1 Å². The van der Waals surface area contributed by atoms with Gasteiger partial charge in [-0.1, -0.05) is 0 Å². The summed E-state index contributed by atoms with van der Waals surface area (Å²) < 4.78 is -0.351. The fraction of sp³-hybridized carbons (Fsp3) is 0. The first-order valence-corrected chi connectivity index (χ1v) is 5.48. The summed E-state index contributed by atoms with van der Waals surface area (Å²) in [6, 6.07) is 4.85. The number of rotatable bonds is 3. The van der Waals surface area contributed by atoms with E-state index in [-0.39, 0.29) is 20.8 Å². The van der Waals surface area contributed by atoms with E-state index in [2.05, 4.69) is 21.0 Å². The number of nitrogens with zero attached hydrogens (tertiary/aromatic N) is 5. The molecule has 0 atom stereocenters. The van der Waals surface area contributed by atoms with Crippen molar-refractivity contribution >= 4 is 27.4 Å². The average molecular weight is 330 g/mol. The third-order valence-electron chi connectivity index (χ3n) is 2.18. The molecule has 2 aromatic rings. The summed E-state index contributed by atoms with van der Waals surface area (Å²) >= 11 is 2.75. The standard InChI is InChI=1S/C8H4BrN5O5/c9-7-8(14(18)19)10-11(12(7)15)5-1-3-6(4-2-5)13(16)17/h1-4H. The third kappa shape index (κ3) is 2.22. The van der Waals surface area contributed by atoms with Crippen LogP contribution in [0, 0.1) is 25.4 Å². The van der Waals surface area contributed by atoms with Crippen LogP contribution in [0.4, 0.5) is 11.5 Å². The van der Waals surface area contributed by atoms with Crippen molar-refractivity contribution in [2.75, 3.05) is 0 Å². The van der Waals surface area contributed by atoms with Crippen LogP contribution in [0.3, 0.4) is 0 Å². The van der Waals surface area contributed by atoms with Crippen LogP contribution in [-0.2, 0) is 0 Å². The van der Waals surface area contributed by atoms with Crippen LogP contribution in [0.15, 0.2) is 28.9 Å². The van der Waals surface area contributed by atoms with Crippen molar-refractivity contribution in [3.05, 3.63) is 54.3 Å². The van der Waals surface area contributed by atoms with Gasteiger partial charge < -0.3 is 15.3 Å². The van der Waals surface area contributed by atoms with Gasteiger partial charge in [-0.05, 0) is 21.9 Å². The van der Waals surface area contributed by atoms with Crippen molar-refractivity contribution in [3.8, 4) is 5.69 Å². The molecule has 10 nitrogen and oxygen atoms in total. The molecule has 0 N–H and O–H groups in total. The molecular formula is C8H4BrN5O5. The number of halogens is 1. The van der Waals surface area contributed by atoms with E-state index in [4.69, 9.17) is 0 Å². The Balaban J connectivity index is 2.50. The molecule has 0 aliphatic carbocycles. The Morgan fingerprint density at radius 1 is 1.16 bits per heavy atom. The van der Waals surface area contributed by atoms with E-state index in [1.807, 2.05) is 0 Å². The highest BCUT2D eigenvalue weighted by atomic mass is 79.9. The van der Waals surface area contributed by atoms with Gasteiger partial charge in [0.1, 0.15) is 10.8 Å². The van der Waals surface area contributed by atoms with Gasteiger partial charge >= 0.3 is 5.82 Å². The Bertz CT molecular complexity index is 667. The lowest BCUT2D eigenvalue weighted by molar-refractivity contribution is -0.699. The van der Waals surface area contributed by atoms with Crippen LogP contribution in [0.25, 0.3) is 5.69 Å². The molecule has 2 rings (SSSR count). The molecule has 1 heterocycles. The predicted molar refractivity (Wildman–Crippen MR) is 63.5 cm³/mol. The van der Waals surface area contributed by atoms with Gasteiger partial charge in [0.2, 0.25) is 0 Å². The van der Waals surface area contributed by atoms with E-state index in [9.17, 15) is 25.4 Å². The first-order chi connectivity index (χ1) is 8.91. The minimum Gasteiger partial charge on any atom is -0.691 e. The zero-order valence-electron chi connectivity index (χ0n) is 8.96. The Morgan fingerprint density at radius 3 is 2.16 bits per heavy atom. The highest BCUT2D eigenvalue weighted by Crippen LogP contribution is 2.20. The summed E-state index contributed by atoms with van der Waals surface area (Å²) in [4.78, 5) is 20.6. The van der Waals surface area contributed by atoms with E-state index in [0.717, 1.165) is 12.1 Å². The largest absolute Gasteiger partial charge is 0.691 e. The molecule has 0 saturated heterocycles. The van der Waals surface area contributed by atoms with Crippen LogP contribution < -0.4 is 4.85 Å². The topological polar surface area (TPSA) is 131 Å². The van der Waals surface area contributed by atoms with Crippen molar-refractivity contribution in [2.45, 2.75) is 0 Å². The summed E-state index contributed by atoms with van der Waals surface area (Å²) in [5, 5.41) is 36.3. The van der Waals surface area contributed by atoms with E-state index < -0.39 is 15.7 Å². The number of nitro benzene ring substituents is 1. The smallest absolute Gasteiger partial charge is 0.449 e. The molecule has 0 unspecified atom stereocenters. The van der Waals surface area contributed by atoms with Crippen molar-refractivity contribution < 1.29 is 14.7 Å². The second kappa shape index (κ2) is 4.61. The molecule has 0 saturated carbocycles. The fourth-order valence-electron chi connectivity index (χ4n) is 1.32. The number of aromatic nitrogens is 3. The van der Waals surface area contributed by atoms with Crippen molar-refractivity contribution in [1.29, 1.82) is 0 Å². The molecule has 0 spiro atoms. The highest BCUT2D eigenvalue weighted by molar-refractivity contribution is 9.10. The van der Waals surface area contributed by atoms with Crippen molar-refractivity contribution in [3.63, 3.8) is 0 Å². The first kappa shape index (κ1) is 12.9. The summed E-state index contributed by atoms with van der Waals surface area (Å²) in [6.07, 6.45) is 0. The molecule has 11 heteroatoms. The van der Waals surface area contributed by atoms with Gasteiger partial charge in [0, 0.05) is 28.1 Å². The Labute approximate surface area is 112 Å². The van der Waals surface area contributed by atoms with E-state index >= 15 is 0 Å². The fourth-order valence-corrected chi connectivity index (χ4v) is 1.70. The number of hydrogen-bond donors (Lipinski definition) is 0. The lowest BCUT2D eigenvalue weighted by Crippen LogP contribution is -2.37. The molecule has 1 aromatic heterocycles. The maximum atomic E-state index is 11.6. The maximum Gasteiger partial charge on any atom is 0.449 e. The quantitative estimate of drug-likeness (QED) is 0.358. The molecule has 0 radical (unpaired) electrons. The zero-order chi connectivity index (χ0) is 14.2. The zero-order valence-corrected chi connectivity index (χ0v) is 10.6. The highest BCUT2D eigenvalue weighted by Gasteiger charge is 2.27. The van der Waals surface area contributed by atoms with Crippen LogP contribution in [0.2, 0.25) is 0 Å². The monoisotopic (exact) mass is 329 g/mol. The van der Waals surface area contributed by atoms with Gasteiger partial charge in [0.25, 0.3) is 10.3 Å². The lowest BCUT2D eigenvalue weighted by Gasteiger charge is -2.02. The molecule has 0 amide bonds. The van der Waals surface area contributed by atoms with Gasteiger partial charge in [0.15, 0.2) is 0 Å². The second-order valence-corrected chi connectivity index (χ2v) is 4.06. The van der Waals surface area contributed by atoms with E-state index in [1.54, 1.807) is 0 Å². The minimum absolute atomic E-state index is 0.161. The maximum absolute atomic E-state index is 11.6. The van der Waals surface area contributed by atoms with Gasteiger partial charge in [-0.3, -0.25) is 10.1 Å². The number of nitro groups is 2. The van der Waals surface area contributed by atoms with Gasteiger partial charge in [-0.25, -0.2) is 0 Å². The van der Waals surface area contributed by atoms with Crippen LogP contribution in [-0.4, -0.2) is 19.7 Å². The van der Waals surface area contributed by atoms with Crippen LogP contribution in [0.1, 0.15) is 0 Å². The number of benzene rings is 1. The summed E-state index contributed by atoms with van der Waals surface area (Å²) in [6.45, 7) is 0. The van der Waals surface area contributed by atoms with Gasteiger partial charge in [-0.15, -0.1) is 4.85 Å². The number of non-ortho nitro benzene ring substituents is 1. The Kier molecular flexibility index (Phi) is 3.12. The molecule has 19 heavy (non-hydrogen) atoms. The van der Waals surface area contributed by atoms with Crippen molar-refractivity contribution in [2.24, 2.45) is 0 Å². The average Bonchev–Trinajstić information content (AvgIpc) is 2.67.